The highest BCUT2D eigenvalue weighted by Gasteiger charge is 2.59. The van der Waals surface area contributed by atoms with Gasteiger partial charge in [0.1, 0.15) is 0 Å². The second-order valence-electron chi connectivity index (χ2n) is 6.87. The summed E-state index contributed by atoms with van der Waals surface area (Å²) < 4.78 is 0. The van der Waals surface area contributed by atoms with Crippen LogP contribution in [0.2, 0.25) is 0 Å². The number of benzene rings is 1. The molecule has 1 aromatic carbocycles. The normalized spacial score (nSPS) is 37.6. The molecule has 0 unspecified atom stereocenters. The van der Waals surface area contributed by atoms with Crippen LogP contribution < -0.4 is 0 Å². The minimum atomic E-state index is 0.167. The van der Waals surface area contributed by atoms with E-state index in [1.165, 1.54) is 47.6 Å². The Kier molecular flexibility index (Phi) is 2.06. The van der Waals surface area contributed by atoms with Gasteiger partial charge in [0.25, 0.3) is 0 Å². The van der Waals surface area contributed by atoms with Gasteiger partial charge in [0.05, 0.1) is 11.4 Å². The standard InChI is InChI=1S/C19H20N2/c1-3-17-14-10-13-11-21(17)9-8-19(13)15-6-4-5-7-16(15)20-18(19)12(14)2/h3-7,13-14H,2,8-11H2,1H3/b17-3+/t13-,14-,19+/m1/s1. The van der Waals surface area contributed by atoms with Crippen LogP contribution in [0.25, 0.3) is 0 Å². The monoisotopic (exact) mass is 276 g/mol. The fourth-order valence-corrected chi connectivity index (χ4v) is 5.35. The fourth-order valence-electron chi connectivity index (χ4n) is 5.35. The maximum Gasteiger partial charge on any atom is 0.0675 e. The van der Waals surface area contributed by atoms with Crippen LogP contribution in [0.4, 0.5) is 5.69 Å². The van der Waals surface area contributed by atoms with Crippen LogP contribution in [0.5, 0.6) is 0 Å². The van der Waals surface area contributed by atoms with Gasteiger partial charge in [-0.3, -0.25) is 4.99 Å². The zero-order valence-electron chi connectivity index (χ0n) is 12.5. The van der Waals surface area contributed by atoms with Gasteiger partial charge in [-0.05, 0) is 42.9 Å². The molecule has 4 aliphatic rings. The number of para-hydroxylation sites is 1. The Hall–Kier alpha value is -1.83. The molecule has 3 aliphatic heterocycles. The van der Waals surface area contributed by atoms with Crippen LogP contribution in [0.1, 0.15) is 25.3 Å². The Labute approximate surface area is 125 Å². The van der Waals surface area contributed by atoms with Gasteiger partial charge in [-0.15, -0.1) is 0 Å². The third kappa shape index (κ3) is 1.19. The molecule has 3 heterocycles. The van der Waals surface area contributed by atoms with E-state index in [1.54, 1.807) is 0 Å². The van der Waals surface area contributed by atoms with E-state index in [0.717, 1.165) is 6.54 Å². The lowest BCUT2D eigenvalue weighted by Gasteiger charge is -2.58. The van der Waals surface area contributed by atoms with Crippen molar-refractivity contribution in [3.63, 3.8) is 0 Å². The summed E-state index contributed by atoms with van der Waals surface area (Å²) in [4.78, 5) is 7.65. The summed E-state index contributed by atoms with van der Waals surface area (Å²) in [6.45, 7) is 9.00. The van der Waals surface area contributed by atoms with Crippen LogP contribution in [-0.2, 0) is 5.41 Å². The number of hydrogen-bond acceptors (Lipinski definition) is 2. The van der Waals surface area contributed by atoms with Gasteiger partial charge in [0.2, 0.25) is 0 Å². The van der Waals surface area contributed by atoms with E-state index in [4.69, 9.17) is 4.99 Å². The summed E-state index contributed by atoms with van der Waals surface area (Å²) in [5.74, 6) is 1.20. The number of hydrogen-bond donors (Lipinski definition) is 0. The van der Waals surface area contributed by atoms with Crippen molar-refractivity contribution in [3.05, 3.63) is 53.8 Å². The predicted octanol–water partition coefficient (Wildman–Crippen LogP) is 3.83. The maximum atomic E-state index is 5.04. The fraction of sp³-hybridized carbons (Fsp3) is 0.421. The zero-order chi connectivity index (χ0) is 14.2. The number of rotatable bonds is 0. The van der Waals surface area contributed by atoms with Crippen LogP contribution in [0, 0.1) is 11.8 Å². The van der Waals surface area contributed by atoms with Crippen molar-refractivity contribution in [2.24, 2.45) is 16.8 Å². The van der Waals surface area contributed by atoms with Gasteiger partial charge in [-0.2, -0.15) is 0 Å². The molecule has 21 heavy (non-hydrogen) atoms. The summed E-state index contributed by atoms with van der Waals surface area (Å²) in [7, 11) is 0. The van der Waals surface area contributed by atoms with Gasteiger partial charge in [-0.1, -0.05) is 30.9 Å². The predicted molar refractivity (Wildman–Crippen MR) is 85.9 cm³/mol. The zero-order valence-corrected chi connectivity index (χ0v) is 12.5. The summed E-state index contributed by atoms with van der Waals surface area (Å²) in [6.07, 6.45) is 4.74. The molecule has 106 valence electrons. The lowest BCUT2D eigenvalue weighted by molar-refractivity contribution is 0.0861. The van der Waals surface area contributed by atoms with Crippen molar-refractivity contribution < 1.29 is 0 Å². The molecule has 0 radical (unpaired) electrons. The number of aliphatic imine (C=N–C) groups is 1. The van der Waals surface area contributed by atoms with Gasteiger partial charge < -0.3 is 4.90 Å². The first-order chi connectivity index (χ1) is 10.3. The molecule has 1 aliphatic carbocycles. The van der Waals surface area contributed by atoms with E-state index < -0.39 is 0 Å². The Morgan fingerprint density at radius 3 is 3.10 bits per heavy atom. The van der Waals surface area contributed by atoms with Crippen LogP contribution in [-0.4, -0.2) is 23.7 Å². The smallest absolute Gasteiger partial charge is 0.0675 e. The van der Waals surface area contributed by atoms with Crippen molar-refractivity contribution in [3.8, 4) is 0 Å². The van der Waals surface area contributed by atoms with E-state index >= 15 is 0 Å². The quantitative estimate of drug-likeness (QED) is 0.703. The molecule has 3 fully saturated rings. The van der Waals surface area contributed by atoms with Gasteiger partial charge >= 0.3 is 0 Å². The molecule has 2 heteroatoms. The highest BCUT2D eigenvalue weighted by molar-refractivity contribution is 6.14. The van der Waals surface area contributed by atoms with E-state index in [9.17, 15) is 0 Å². The van der Waals surface area contributed by atoms with Gasteiger partial charge in [0, 0.05) is 30.1 Å². The van der Waals surface area contributed by atoms with Gasteiger partial charge in [-0.25, -0.2) is 0 Å². The Morgan fingerprint density at radius 2 is 2.24 bits per heavy atom. The molecule has 2 nitrogen and oxygen atoms in total. The second-order valence-corrected chi connectivity index (χ2v) is 6.87. The molecule has 0 aromatic heterocycles. The van der Waals surface area contributed by atoms with Crippen LogP contribution in [0.3, 0.4) is 0 Å². The number of nitrogens with zero attached hydrogens (tertiary/aromatic N) is 2. The third-order valence-corrected chi connectivity index (χ3v) is 6.22. The first-order valence-electron chi connectivity index (χ1n) is 8.04. The Bertz CT molecular complexity index is 727. The molecular weight excluding hydrogens is 256 g/mol. The number of allylic oxidation sites excluding steroid dienone is 2. The van der Waals surface area contributed by atoms with Crippen LogP contribution in [0.15, 0.2) is 53.2 Å². The molecule has 3 atom stereocenters. The highest BCUT2D eigenvalue weighted by atomic mass is 15.2. The summed E-state index contributed by atoms with van der Waals surface area (Å²) in [5, 5.41) is 0. The summed E-state index contributed by atoms with van der Waals surface area (Å²) >= 11 is 0. The maximum absolute atomic E-state index is 5.04. The second kappa shape index (κ2) is 3.68. The van der Waals surface area contributed by atoms with Crippen molar-refractivity contribution in [1.29, 1.82) is 0 Å². The molecule has 5 rings (SSSR count). The number of piperidine rings is 2. The molecule has 1 aromatic rings. The van der Waals surface area contributed by atoms with E-state index in [1.807, 2.05) is 0 Å². The molecule has 1 spiro atoms. The number of fused-ring (bicyclic) bond motifs is 3. The molecular formula is C19H20N2. The lowest BCUT2D eigenvalue weighted by Crippen LogP contribution is -2.61. The van der Waals surface area contributed by atoms with Crippen LogP contribution >= 0.6 is 0 Å². The van der Waals surface area contributed by atoms with E-state index in [-0.39, 0.29) is 5.41 Å². The van der Waals surface area contributed by atoms with Crippen molar-refractivity contribution in [1.82, 2.24) is 4.90 Å². The first kappa shape index (κ1) is 11.8. The van der Waals surface area contributed by atoms with E-state index in [0.29, 0.717) is 11.8 Å². The topological polar surface area (TPSA) is 15.6 Å². The van der Waals surface area contributed by atoms with E-state index in [2.05, 4.69) is 48.7 Å². The highest BCUT2D eigenvalue weighted by Crippen LogP contribution is 2.60. The summed E-state index contributed by atoms with van der Waals surface area (Å²) in [5.41, 5.74) is 6.90. The molecule has 0 N–H and O–H groups in total. The average Bonchev–Trinajstić information content (AvgIpc) is 2.85. The average molecular weight is 276 g/mol. The molecule has 2 saturated heterocycles. The Morgan fingerprint density at radius 1 is 1.38 bits per heavy atom. The summed E-state index contributed by atoms with van der Waals surface area (Å²) in [6, 6.07) is 8.77. The third-order valence-electron chi connectivity index (χ3n) is 6.22. The first-order valence-corrected chi connectivity index (χ1v) is 8.04. The Balaban J connectivity index is 1.78. The molecule has 1 saturated carbocycles. The van der Waals surface area contributed by atoms with Crippen molar-refractivity contribution in [2.75, 3.05) is 13.1 Å². The largest absolute Gasteiger partial charge is 0.374 e. The lowest BCUT2D eigenvalue weighted by atomic mass is 9.53. The SMILES string of the molecule is C=C1C2=Nc3ccccc3[C@@]23CCN2C[C@H]3C[C@H]1/C2=C\C. The molecule has 0 amide bonds. The van der Waals surface area contributed by atoms with Crippen molar-refractivity contribution in [2.45, 2.75) is 25.2 Å². The van der Waals surface area contributed by atoms with Crippen molar-refractivity contribution >= 4 is 11.4 Å². The minimum Gasteiger partial charge on any atom is -0.374 e. The molecule has 3 bridgehead atoms. The van der Waals surface area contributed by atoms with Gasteiger partial charge in [0.15, 0.2) is 0 Å². The minimum absolute atomic E-state index is 0.167.